The lowest BCUT2D eigenvalue weighted by molar-refractivity contribution is -0.134. The van der Waals surface area contributed by atoms with Crippen molar-refractivity contribution in [2.45, 2.75) is 37.8 Å². The predicted octanol–water partition coefficient (Wildman–Crippen LogP) is 6.80. The second-order valence-corrected chi connectivity index (χ2v) is 13.0. The summed E-state index contributed by atoms with van der Waals surface area (Å²) in [6.45, 7) is 0. The van der Waals surface area contributed by atoms with Crippen LogP contribution in [0.2, 0.25) is 0 Å². The Labute approximate surface area is 267 Å². The minimum atomic E-state index is -0.822. The quantitative estimate of drug-likeness (QED) is 0.192. The third-order valence-electron chi connectivity index (χ3n) is 8.26. The Morgan fingerprint density at radius 1 is 0.956 bits per heavy atom. The Morgan fingerprint density at radius 3 is 2.53 bits per heavy atom. The Balaban J connectivity index is 1.10. The molecule has 7 rings (SSSR count). The summed E-state index contributed by atoms with van der Waals surface area (Å²) in [6, 6.07) is 21.4. The molecule has 6 aromatic rings. The van der Waals surface area contributed by atoms with Crippen LogP contribution in [0.25, 0.3) is 26.4 Å². The number of nitrogens with zero attached hydrogens (tertiary/aromatic N) is 4. The molecule has 0 aliphatic heterocycles. The van der Waals surface area contributed by atoms with Crippen molar-refractivity contribution in [2.24, 2.45) is 0 Å². The van der Waals surface area contributed by atoms with Gasteiger partial charge >= 0.3 is 0 Å². The first-order valence-electron chi connectivity index (χ1n) is 14.8. The van der Waals surface area contributed by atoms with Crippen LogP contribution in [-0.4, -0.2) is 50.1 Å². The molecule has 9 nitrogen and oxygen atoms in total. The summed E-state index contributed by atoms with van der Waals surface area (Å²) >= 11 is 2.75. The van der Waals surface area contributed by atoms with Crippen molar-refractivity contribution >= 4 is 61.3 Å². The molecule has 1 aliphatic carbocycles. The van der Waals surface area contributed by atoms with E-state index in [1.165, 1.54) is 22.7 Å². The number of hydrogen-bond acceptors (Lipinski definition) is 7. The molecule has 0 bridgehead atoms. The summed E-state index contributed by atoms with van der Waals surface area (Å²) in [4.78, 5) is 52.4. The molecule has 1 atom stereocenters. The molecule has 3 aromatic heterocycles. The number of hydrogen-bond donors (Lipinski definition) is 2. The third-order valence-corrected chi connectivity index (χ3v) is 10.0. The maximum absolute atomic E-state index is 13.6. The van der Waals surface area contributed by atoms with Crippen molar-refractivity contribution in [3.63, 3.8) is 0 Å². The molecule has 3 heterocycles. The molecule has 226 valence electrons. The SMILES string of the molecule is CN(C(=O)[C@@H](NC(=O)c1nc2ccc(NC(=O)c3ccccc3-c3cn4ccsc4n3)cc2s1)c1ccccc1)C1CCCC1. The van der Waals surface area contributed by atoms with E-state index in [1.54, 1.807) is 23.1 Å². The first kappa shape index (κ1) is 28.9. The molecule has 11 heteroatoms. The Kier molecular flexibility index (Phi) is 7.86. The molecule has 3 aromatic carbocycles. The van der Waals surface area contributed by atoms with E-state index in [9.17, 15) is 14.4 Å². The van der Waals surface area contributed by atoms with Crippen LogP contribution in [0.1, 0.15) is 57.4 Å². The molecule has 0 radical (unpaired) electrons. The van der Waals surface area contributed by atoms with E-state index in [-0.39, 0.29) is 22.9 Å². The average Bonchev–Trinajstić information content (AvgIpc) is 3.88. The van der Waals surface area contributed by atoms with Crippen molar-refractivity contribution in [1.29, 1.82) is 0 Å². The average molecular weight is 635 g/mol. The fraction of sp³-hybridized carbons (Fsp3) is 0.206. The van der Waals surface area contributed by atoms with Gasteiger partial charge in [0.1, 0.15) is 6.04 Å². The number of anilines is 1. The van der Waals surface area contributed by atoms with Crippen LogP contribution in [0, 0.1) is 0 Å². The smallest absolute Gasteiger partial charge is 0.281 e. The van der Waals surface area contributed by atoms with Gasteiger partial charge in [-0.2, -0.15) is 0 Å². The first-order valence-corrected chi connectivity index (χ1v) is 16.5. The molecule has 0 saturated heterocycles. The number of likely N-dealkylation sites (N-methyl/N-ethyl adjacent to an activating group) is 1. The number of nitrogens with one attached hydrogen (secondary N) is 2. The summed E-state index contributed by atoms with van der Waals surface area (Å²) in [5.74, 6) is -0.819. The minimum Gasteiger partial charge on any atom is -0.341 e. The summed E-state index contributed by atoms with van der Waals surface area (Å²) in [5.41, 5.74) is 3.91. The maximum atomic E-state index is 13.6. The molecule has 2 N–H and O–H groups in total. The second-order valence-electron chi connectivity index (χ2n) is 11.1. The van der Waals surface area contributed by atoms with Gasteiger partial charge in [-0.3, -0.25) is 18.8 Å². The second kappa shape index (κ2) is 12.3. The van der Waals surface area contributed by atoms with Crippen molar-refractivity contribution in [2.75, 3.05) is 12.4 Å². The highest BCUT2D eigenvalue weighted by Crippen LogP contribution is 2.30. The number of rotatable bonds is 8. The van der Waals surface area contributed by atoms with Gasteiger partial charge in [0.15, 0.2) is 9.97 Å². The van der Waals surface area contributed by atoms with E-state index < -0.39 is 11.9 Å². The van der Waals surface area contributed by atoms with E-state index >= 15 is 0 Å². The molecule has 0 unspecified atom stereocenters. The lowest BCUT2D eigenvalue weighted by atomic mass is 10.0. The summed E-state index contributed by atoms with van der Waals surface area (Å²) in [7, 11) is 1.82. The number of carbonyl (C=O) groups excluding carboxylic acids is 3. The number of carbonyl (C=O) groups is 3. The molecule has 1 fully saturated rings. The van der Waals surface area contributed by atoms with Crippen molar-refractivity contribution in [1.82, 2.24) is 24.6 Å². The molecule has 1 saturated carbocycles. The number of fused-ring (bicyclic) bond motifs is 2. The number of aromatic nitrogens is 3. The van der Waals surface area contributed by atoms with Crippen LogP contribution in [0.5, 0.6) is 0 Å². The summed E-state index contributed by atoms with van der Waals surface area (Å²) in [5, 5.41) is 8.16. The van der Waals surface area contributed by atoms with E-state index in [4.69, 9.17) is 0 Å². The van der Waals surface area contributed by atoms with E-state index in [0.717, 1.165) is 52.2 Å². The number of imidazole rings is 1. The molecular formula is C34H30N6O3S2. The van der Waals surface area contributed by atoms with Gasteiger partial charge in [0.25, 0.3) is 11.8 Å². The van der Waals surface area contributed by atoms with Gasteiger partial charge in [0.2, 0.25) is 5.91 Å². The predicted molar refractivity (Wildman–Crippen MR) is 178 cm³/mol. The number of amides is 3. The summed E-state index contributed by atoms with van der Waals surface area (Å²) in [6.07, 6.45) is 8.01. The Hall–Kier alpha value is -4.87. The van der Waals surface area contributed by atoms with Gasteiger partial charge in [0, 0.05) is 47.7 Å². The Morgan fingerprint density at radius 2 is 1.73 bits per heavy atom. The maximum Gasteiger partial charge on any atom is 0.281 e. The minimum absolute atomic E-state index is 0.136. The van der Waals surface area contributed by atoms with Gasteiger partial charge in [0.05, 0.1) is 15.9 Å². The topological polar surface area (TPSA) is 109 Å². The van der Waals surface area contributed by atoms with Gasteiger partial charge in [-0.05, 0) is 42.7 Å². The lowest BCUT2D eigenvalue weighted by Gasteiger charge is -2.29. The van der Waals surface area contributed by atoms with Crippen molar-refractivity contribution < 1.29 is 14.4 Å². The third kappa shape index (κ3) is 5.84. The monoisotopic (exact) mass is 634 g/mol. The normalized spacial score (nSPS) is 14.1. The standard InChI is InChI=1S/C34H30N6O3S2/c1-39(23-11-5-6-12-23)33(43)29(21-9-3-2-4-10-21)38-31(42)32-36-26-16-15-22(19-28(26)45-32)35-30(41)25-14-8-7-13-24(25)27-20-40-17-18-44-34(40)37-27/h2-4,7-10,13-20,23,29H,5-6,11-12H2,1H3,(H,35,41)(H,38,42)/t29-/m0/s1. The van der Waals surface area contributed by atoms with E-state index in [2.05, 4.69) is 20.6 Å². The van der Waals surface area contributed by atoms with Crippen molar-refractivity contribution in [3.05, 3.63) is 107 Å². The van der Waals surface area contributed by atoms with Gasteiger partial charge < -0.3 is 15.5 Å². The largest absolute Gasteiger partial charge is 0.341 e. The van der Waals surface area contributed by atoms with Gasteiger partial charge in [-0.15, -0.1) is 22.7 Å². The fourth-order valence-electron chi connectivity index (χ4n) is 5.86. The fourth-order valence-corrected chi connectivity index (χ4v) is 7.47. The van der Waals surface area contributed by atoms with E-state index in [1.807, 2.05) is 83.8 Å². The zero-order valence-electron chi connectivity index (χ0n) is 24.5. The molecule has 45 heavy (non-hydrogen) atoms. The molecule has 3 amide bonds. The summed E-state index contributed by atoms with van der Waals surface area (Å²) < 4.78 is 2.68. The first-order chi connectivity index (χ1) is 21.9. The lowest BCUT2D eigenvalue weighted by Crippen LogP contribution is -2.44. The van der Waals surface area contributed by atoms with Crippen LogP contribution >= 0.6 is 22.7 Å². The van der Waals surface area contributed by atoms with Crippen LogP contribution in [0.4, 0.5) is 5.69 Å². The van der Waals surface area contributed by atoms with Gasteiger partial charge in [-0.25, -0.2) is 9.97 Å². The highest BCUT2D eigenvalue weighted by molar-refractivity contribution is 7.20. The van der Waals surface area contributed by atoms with Crippen LogP contribution in [-0.2, 0) is 4.79 Å². The Bertz CT molecular complexity index is 2000. The highest BCUT2D eigenvalue weighted by atomic mass is 32.1. The van der Waals surface area contributed by atoms with E-state index in [0.29, 0.717) is 16.8 Å². The van der Waals surface area contributed by atoms with Crippen LogP contribution in [0.3, 0.4) is 0 Å². The van der Waals surface area contributed by atoms with Crippen LogP contribution in [0.15, 0.2) is 90.6 Å². The van der Waals surface area contributed by atoms with Crippen LogP contribution < -0.4 is 10.6 Å². The zero-order valence-corrected chi connectivity index (χ0v) is 26.1. The number of thiazole rings is 2. The molecule has 1 aliphatic rings. The van der Waals surface area contributed by atoms with Gasteiger partial charge in [-0.1, -0.05) is 61.4 Å². The molecular weight excluding hydrogens is 605 g/mol. The highest BCUT2D eigenvalue weighted by Gasteiger charge is 2.31. The van der Waals surface area contributed by atoms with Crippen molar-refractivity contribution in [3.8, 4) is 11.3 Å². The number of benzene rings is 3. The molecule has 0 spiro atoms. The zero-order chi connectivity index (χ0) is 30.9.